The third-order valence-electron chi connectivity index (χ3n) is 4.77. The molecular formula is C20H26N2O3. The van der Waals surface area contributed by atoms with Crippen molar-refractivity contribution in [2.24, 2.45) is 5.41 Å². The third-order valence-corrected chi connectivity index (χ3v) is 4.77. The van der Waals surface area contributed by atoms with Crippen molar-refractivity contribution in [3.63, 3.8) is 0 Å². The predicted molar refractivity (Wildman–Crippen MR) is 95.4 cm³/mol. The molecule has 134 valence electrons. The van der Waals surface area contributed by atoms with Crippen LogP contribution >= 0.6 is 0 Å². The van der Waals surface area contributed by atoms with Gasteiger partial charge in [-0.1, -0.05) is 56.3 Å². The van der Waals surface area contributed by atoms with Crippen LogP contribution in [0.1, 0.15) is 54.3 Å². The standard InChI is InChI=1S/C20H26N2O3/c1-13-18(14(2)25-21-13)19(23)22-11-16(15-9-7-6-8-10-15)24-17(12-22)20(3,4)5/h6-10,16-17H,11-12H2,1-5H3/t16-,17+/m0/s1. The van der Waals surface area contributed by atoms with E-state index in [4.69, 9.17) is 9.26 Å². The highest BCUT2D eigenvalue weighted by atomic mass is 16.5. The van der Waals surface area contributed by atoms with Crippen molar-refractivity contribution >= 4 is 5.91 Å². The van der Waals surface area contributed by atoms with Crippen molar-refractivity contribution in [1.29, 1.82) is 0 Å². The summed E-state index contributed by atoms with van der Waals surface area (Å²) in [7, 11) is 0. The number of aromatic nitrogens is 1. The van der Waals surface area contributed by atoms with Crippen LogP contribution in [0, 0.1) is 19.3 Å². The summed E-state index contributed by atoms with van der Waals surface area (Å²) >= 11 is 0. The molecule has 1 aromatic heterocycles. The summed E-state index contributed by atoms with van der Waals surface area (Å²) in [6.07, 6.45) is -0.181. The van der Waals surface area contributed by atoms with Gasteiger partial charge in [0.15, 0.2) is 0 Å². The number of rotatable bonds is 2. The number of amides is 1. The molecule has 2 heterocycles. The van der Waals surface area contributed by atoms with Crippen LogP contribution in [0.15, 0.2) is 34.9 Å². The van der Waals surface area contributed by atoms with Gasteiger partial charge in [0.25, 0.3) is 5.91 Å². The van der Waals surface area contributed by atoms with Crippen molar-refractivity contribution < 1.29 is 14.1 Å². The SMILES string of the molecule is Cc1noc(C)c1C(=O)N1C[C@@H](c2ccccc2)O[C@@H](C(C)(C)C)C1. The zero-order chi connectivity index (χ0) is 18.2. The summed E-state index contributed by atoms with van der Waals surface area (Å²) in [4.78, 5) is 15.0. The molecule has 1 saturated heterocycles. The summed E-state index contributed by atoms with van der Waals surface area (Å²) in [5.74, 6) is 0.535. The molecule has 1 aliphatic heterocycles. The molecule has 1 aliphatic rings. The first-order valence-electron chi connectivity index (χ1n) is 8.70. The molecular weight excluding hydrogens is 316 g/mol. The highest BCUT2D eigenvalue weighted by molar-refractivity contribution is 5.96. The number of carbonyl (C=O) groups is 1. The van der Waals surface area contributed by atoms with Gasteiger partial charge in [-0.3, -0.25) is 4.79 Å². The average molecular weight is 342 g/mol. The molecule has 1 amide bonds. The Morgan fingerprint density at radius 1 is 1.16 bits per heavy atom. The molecule has 1 fully saturated rings. The van der Waals surface area contributed by atoms with E-state index in [1.807, 2.05) is 35.2 Å². The fraction of sp³-hybridized carbons (Fsp3) is 0.500. The van der Waals surface area contributed by atoms with Gasteiger partial charge in [-0.05, 0) is 24.8 Å². The largest absolute Gasteiger partial charge is 0.366 e. The summed E-state index contributed by atoms with van der Waals surface area (Å²) in [5.41, 5.74) is 2.23. The highest BCUT2D eigenvalue weighted by Crippen LogP contribution is 2.34. The van der Waals surface area contributed by atoms with Crippen molar-refractivity contribution in [3.05, 3.63) is 52.9 Å². The maximum atomic E-state index is 13.1. The van der Waals surface area contributed by atoms with Crippen molar-refractivity contribution in [3.8, 4) is 0 Å². The van der Waals surface area contributed by atoms with E-state index in [0.29, 0.717) is 30.1 Å². The Hall–Kier alpha value is -2.14. The number of hydrogen-bond acceptors (Lipinski definition) is 4. The Kier molecular flexibility index (Phi) is 4.69. The molecule has 0 spiro atoms. The Balaban J connectivity index is 1.91. The molecule has 0 bridgehead atoms. The van der Waals surface area contributed by atoms with E-state index < -0.39 is 0 Å². The van der Waals surface area contributed by atoms with Gasteiger partial charge in [0, 0.05) is 6.54 Å². The smallest absolute Gasteiger partial charge is 0.259 e. The minimum Gasteiger partial charge on any atom is -0.366 e. The maximum Gasteiger partial charge on any atom is 0.259 e. The van der Waals surface area contributed by atoms with Crippen LogP contribution in [0.5, 0.6) is 0 Å². The zero-order valence-corrected chi connectivity index (χ0v) is 15.6. The minimum absolute atomic E-state index is 0.0327. The lowest BCUT2D eigenvalue weighted by molar-refractivity contribution is -0.119. The first kappa shape index (κ1) is 17.7. The van der Waals surface area contributed by atoms with Gasteiger partial charge in [0.1, 0.15) is 17.4 Å². The normalized spacial score (nSPS) is 21.4. The quantitative estimate of drug-likeness (QED) is 0.830. The summed E-state index contributed by atoms with van der Waals surface area (Å²) < 4.78 is 11.5. The number of ether oxygens (including phenoxy) is 1. The molecule has 3 rings (SSSR count). The first-order valence-corrected chi connectivity index (χ1v) is 8.70. The molecule has 0 saturated carbocycles. The van der Waals surface area contributed by atoms with Crippen LogP contribution in [0.2, 0.25) is 0 Å². The Labute approximate surface area is 148 Å². The van der Waals surface area contributed by atoms with Crippen LogP contribution in [0.3, 0.4) is 0 Å². The van der Waals surface area contributed by atoms with E-state index in [9.17, 15) is 4.79 Å². The predicted octanol–water partition coefficient (Wildman–Crippen LogP) is 3.92. The van der Waals surface area contributed by atoms with Crippen LogP contribution < -0.4 is 0 Å². The molecule has 0 radical (unpaired) electrons. The summed E-state index contributed by atoms with van der Waals surface area (Å²) in [5, 5.41) is 3.92. The van der Waals surface area contributed by atoms with Crippen molar-refractivity contribution in [2.45, 2.75) is 46.8 Å². The number of carbonyl (C=O) groups excluding carboxylic acids is 1. The van der Waals surface area contributed by atoms with Gasteiger partial charge in [-0.25, -0.2) is 0 Å². The van der Waals surface area contributed by atoms with E-state index in [-0.39, 0.29) is 23.5 Å². The van der Waals surface area contributed by atoms with Crippen LogP contribution in [-0.4, -0.2) is 35.2 Å². The number of hydrogen-bond donors (Lipinski definition) is 0. The lowest BCUT2D eigenvalue weighted by Crippen LogP contribution is -2.51. The van der Waals surface area contributed by atoms with Gasteiger partial charge in [0.2, 0.25) is 0 Å². The zero-order valence-electron chi connectivity index (χ0n) is 15.6. The maximum absolute atomic E-state index is 13.1. The average Bonchev–Trinajstić information content (AvgIpc) is 2.92. The van der Waals surface area contributed by atoms with E-state index in [1.54, 1.807) is 13.8 Å². The molecule has 2 atom stereocenters. The van der Waals surface area contributed by atoms with Gasteiger partial charge in [-0.2, -0.15) is 0 Å². The number of aryl methyl sites for hydroxylation is 2. The second kappa shape index (κ2) is 6.64. The van der Waals surface area contributed by atoms with Crippen LogP contribution in [0.25, 0.3) is 0 Å². The Morgan fingerprint density at radius 2 is 1.84 bits per heavy atom. The van der Waals surface area contributed by atoms with Crippen LogP contribution in [0.4, 0.5) is 0 Å². The lowest BCUT2D eigenvalue weighted by Gasteiger charge is -2.43. The molecule has 0 N–H and O–H groups in total. The van der Waals surface area contributed by atoms with Gasteiger partial charge < -0.3 is 14.2 Å². The number of morpholine rings is 1. The number of nitrogens with zero attached hydrogens (tertiary/aromatic N) is 2. The summed E-state index contributed by atoms with van der Waals surface area (Å²) in [6.45, 7) is 11.1. The minimum atomic E-state index is -0.136. The third kappa shape index (κ3) is 3.61. The molecule has 5 heteroatoms. The molecule has 25 heavy (non-hydrogen) atoms. The van der Waals surface area contributed by atoms with E-state index >= 15 is 0 Å². The monoisotopic (exact) mass is 342 g/mol. The fourth-order valence-corrected chi connectivity index (χ4v) is 3.20. The van der Waals surface area contributed by atoms with E-state index in [0.717, 1.165) is 5.56 Å². The molecule has 1 aromatic carbocycles. The second-order valence-corrected chi connectivity index (χ2v) is 7.80. The molecule has 0 unspecified atom stereocenters. The first-order chi connectivity index (χ1) is 11.8. The molecule has 2 aromatic rings. The Morgan fingerprint density at radius 3 is 2.40 bits per heavy atom. The molecule has 0 aliphatic carbocycles. The van der Waals surface area contributed by atoms with E-state index in [2.05, 4.69) is 25.9 Å². The Bertz CT molecular complexity index is 727. The topological polar surface area (TPSA) is 55.6 Å². The van der Waals surface area contributed by atoms with Gasteiger partial charge in [0.05, 0.1) is 18.3 Å². The van der Waals surface area contributed by atoms with Crippen LogP contribution in [-0.2, 0) is 4.74 Å². The van der Waals surface area contributed by atoms with Crippen molar-refractivity contribution in [2.75, 3.05) is 13.1 Å². The lowest BCUT2D eigenvalue weighted by atomic mass is 9.87. The molecule has 5 nitrogen and oxygen atoms in total. The van der Waals surface area contributed by atoms with E-state index in [1.165, 1.54) is 0 Å². The fourth-order valence-electron chi connectivity index (χ4n) is 3.20. The van der Waals surface area contributed by atoms with Crippen molar-refractivity contribution in [1.82, 2.24) is 10.1 Å². The van der Waals surface area contributed by atoms with Gasteiger partial charge >= 0.3 is 0 Å². The highest BCUT2D eigenvalue weighted by Gasteiger charge is 2.38. The second-order valence-electron chi connectivity index (χ2n) is 7.80. The van der Waals surface area contributed by atoms with Gasteiger partial charge in [-0.15, -0.1) is 0 Å². The summed E-state index contributed by atoms with van der Waals surface area (Å²) in [6, 6.07) is 10.1. The number of benzene rings is 1.